The number of rotatable bonds is 4. The smallest absolute Gasteiger partial charge is 1.00 e. The van der Waals surface area contributed by atoms with Crippen LogP contribution in [0.2, 0.25) is 0 Å². The van der Waals surface area contributed by atoms with Crippen molar-refractivity contribution in [2.24, 2.45) is 0 Å². The van der Waals surface area contributed by atoms with Crippen LogP contribution >= 0.6 is 0 Å². The summed E-state index contributed by atoms with van der Waals surface area (Å²) < 4.78 is 2.93. The number of allylic oxidation sites excluding steroid dienone is 10. The molecule has 0 atom stereocenters. The molecule has 144 valence electrons. The van der Waals surface area contributed by atoms with E-state index in [0.717, 1.165) is 0 Å². The molecule has 0 saturated carbocycles. The molecule has 0 fully saturated rings. The predicted molar refractivity (Wildman–Crippen MR) is 113 cm³/mol. The van der Waals surface area contributed by atoms with Crippen LogP contribution in [0, 0.1) is 13.8 Å². The molecule has 0 spiro atoms. The topological polar surface area (TPSA) is 0 Å². The second kappa shape index (κ2) is 9.90. The summed E-state index contributed by atoms with van der Waals surface area (Å²) in [5.74, 6) is 0. The molecule has 0 radical (unpaired) electrons. The SMILES string of the molecule is C=C1C=CC(c2ccc(C)cc2)=[C]1[Zr+2][C]1=C(c2ccc(C)cc2)C=CC1=C.[Cl-].[Cl-]. The van der Waals surface area contributed by atoms with Gasteiger partial charge in [0.2, 0.25) is 0 Å². The first-order valence-corrected chi connectivity index (χ1v) is 11.6. The van der Waals surface area contributed by atoms with Crippen molar-refractivity contribution in [3.63, 3.8) is 0 Å². The molecule has 0 bridgehead atoms. The Morgan fingerprint density at radius 1 is 0.552 bits per heavy atom. The molecule has 29 heavy (non-hydrogen) atoms. The van der Waals surface area contributed by atoms with E-state index < -0.39 is 23.2 Å². The molecule has 0 saturated heterocycles. The number of aryl methyl sites for hydroxylation is 2. The molecule has 2 aromatic carbocycles. The molecule has 0 unspecified atom stereocenters. The van der Waals surface area contributed by atoms with Crippen molar-refractivity contribution in [3.8, 4) is 0 Å². The first kappa shape index (κ1) is 23.6. The van der Waals surface area contributed by atoms with Crippen LogP contribution in [0.4, 0.5) is 0 Å². The molecular weight excluding hydrogens is 474 g/mol. The Hall–Kier alpha value is -1.66. The molecule has 0 heterocycles. The van der Waals surface area contributed by atoms with Gasteiger partial charge in [-0.1, -0.05) is 0 Å². The second-order valence-electron chi connectivity index (χ2n) is 7.15. The average Bonchev–Trinajstić information content (AvgIpc) is 3.21. The Labute approximate surface area is 197 Å². The predicted octanol–water partition coefficient (Wildman–Crippen LogP) is 0.768. The van der Waals surface area contributed by atoms with E-state index in [9.17, 15) is 0 Å². The molecule has 0 N–H and O–H groups in total. The Balaban J connectivity index is 0.00000150. The number of hydrogen-bond donors (Lipinski definition) is 0. The van der Waals surface area contributed by atoms with Crippen molar-refractivity contribution in [1.29, 1.82) is 0 Å². The van der Waals surface area contributed by atoms with Crippen LogP contribution < -0.4 is 24.8 Å². The number of benzene rings is 2. The standard InChI is InChI=1S/2C13H11.2ClH.Zr/c2*1-10-3-6-12(7-4-10)13-8-5-11(2)9-13;;;/h2*3-8H,2H2,1H3;2*1H;/q;;;;+2/p-2. The molecule has 2 aliphatic carbocycles. The second-order valence-corrected chi connectivity index (χ2v) is 10.2. The van der Waals surface area contributed by atoms with Crippen molar-refractivity contribution in [3.05, 3.63) is 126 Å². The molecule has 4 rings (SSSR count). The summed E-state index contributed by atoms with van der Waals surface area (Å²) in [4.78, 5) is 0. The monoisotopic (exact) mass is 494 g/mol. The van der Waals surface area contributed by atoms with Gasteiger partial charge in [-0.05, 0) is 0 Å². The first-order chi connectivity index (χ1) is 13.0. The summed E-state index contributed by atoms with van der Waals surface area (Å²) in [6.07, 6.45) is 8.81. The Morgan fingerprint density at radius 3 is 1.24 bits per heavy atom. The van der Waals surface area contributed by atoms with Crippen molar-refractivity contribution < 1.29 is 48.0 Å². The summed E-state index contributed by atoms with van der Waals surface area (Å²) in [5, 5.41) is 0. The fraction of sp³-hybridized carbons (Fsp3) is 0.0769. The Morgan fingerprint density at radius 2 is 0.897 bits per heavy atom. The molecule has 0 nitrogen and oxygen atoms in total. The van der Waals surface area contributed by atoms with Crippen LogP contribution in [0.15, 0.2) is 104 Å². The van der Waals surface area contributed by atoms with Crippen molar-refractivity contribution in [1.82, 2.24) is 0 Å². The number of hydrogen-bond acceptors (Lipinski definition) is 0. The summed E-state index contributed by atoms with van der Waals surface area (Å²) in [7, 11) is 0. The fourth-order valence-electron chi connectivity index (χ4n) is 3.41. The third kappa shape index (κ3) is 4.92. The maximum atomic E-state index is 4.33. The Bertz CT molecular complexity index is 975. The van der Waals surface area contributed by atoms with Crippen LogP contribution in [0.3, 0.4) is 0 Å². The summed E-state index contributed by atoms with van der Waals surface area (Å²) in [6, 6.07) is 17.7. The minimum absolute atomic E-state index is 0. The third-order valence-corrected chi connectivity index (χ3v) is 9.19. The first-order valence-electron chi connectivity index (χ1n) is 9.17. The molecule has 0 aromatic heterocycles. The van der Waals surface area contributed by atoms with Gasteiger partial charge in [0.05, 0.1) is 0 Å². The quantitative estimate of drug-likeness (QED) is 0.587. The molecule has 2 aliphatic rings. The van der Waals surface area contributed by atoms with Crippen LogP contribution in [0.5, 0.6) is 0 Å². The molecule has 0 aliphatic heterocycles. The minimum atomic E-state index is -1.04. The normalized spacial score (nSPS) is 14.8. The van der Waals surface area contributed by atoms with E-state index >= 15 is 0 Å². The van der Waals surface area contributed by atoms with Gasteiger partial charge >= 0.3 is 174 Å². The van der Waals surface area contributed by atoms with E-state index in [-0.39, 0.29) is 24.8 Å². The van der Waals surface area contributed by atoms with E-state index in [1.54, 1.807) is 0 Å². The van der Waals surface area contributed by atoms with Crippen molar-refractivity contribution in [2.45, 2.75) is 13.8 Å². The van der Waals surface area contributed by atoms with Gasteiger partial charge in [-0.3, -0.25) is 0 Å². The van der Waals surface area contributed by atoms with Crippen LogP contribution in [-0.2, 0) is 23.2 Å². The van der Waals surface area contributed by atoms with Crippen LogP contribution in [0.25, 0.3) is 11.1 Å². The maximum absolute atomic E-state index is 4.33. The van der Waals surface area contributed by atoms with Gasteiger partial charge in [0, 0.05) is 0 Å². The van der Waals surface area contributed by atoms with Gasteiger partial charge in [-0.15, -0.1) is 0 Å². The molecular formula is C26H22Cl2Zr. The van der Waals surface area contributed by atoms with Gasteiger partial charge in [0.15, 0.2) is 0 Å². The zero-order chi connectivity index (χ0) is 19.0. The van der Waals surface area contributed by atoms with Gasteiger partial charge in [-0.2, -0.15) is 0 Å². The van der Waals surface area contributed by atoms with E-state index in [2.05, 4.69) is 99.8 Å². The largest absolute Gasteiger partial charge is 1.00 e. The summed E-state index contributed by atoms with van der Waals surface area (Å²) >= 11 is -1.04. The maximum Gasteiger partial charge on any atom is -1.00 e. The van der Waals surface area contributed by atoms with Gasteiger partial charge in [-0.25, -0.2) is 0 Å². The minimum Gasteiger partial charge on any atom is -1.00 e. The van der Waals surface area contributed by atoms with Gasteiger partial charge in [0.25, 0.3) is 0 Å². The third-order valence-electron chi connectivity index (χ3n) is 5.06. The molecule has 2 aromatic rings. The molecule has 0 amide bonds. The van der Waals surface area contributed by atoms with Crippen LogP contribution in [-0.4, -0.2) is 0 Å². The van der Waals surface area contributed by atoms with Crippen molar-refractivity contribution >= 4 is 11.1 Å². The summed E-state index contributed by atoms with van der Waals surface area (Å²) in [5.41, 5.74) is 10.2. The van der Waals surface area contributed by atoms with E-state index in [0.29, 0.717) is 0 Å². The number of halogens is 2. The Kier molecular flexibility index (Phi) is 8.06. The van der Waals surface area contributed by atoms with E-state index in [4.69, 9.17) is 0 Å². The van der Waals surface area contributed by atoms with E-state index in [1.807, 2.05) is 0 Å². The zero-order valence-electron chi connectivity index (χ0n) is 16.6. The van der Waals surface area contributed by atoms with Crippen LogP contribution in [0.1, 0.15) is 22.3 Å². The van der Waals surface area contributed by atoms with Crippen molar-refractivity contribution in [2.75, 3.05) is 0 Å². The van der Waals surface area contributed by atoms with Gasteiger partial charge in [0.1, 0.15) is 0 Å². The zero-order valence-corrected chi connectivity index (χ0v) is 20.6. The van der Waals surface area contributed by atoms with E-state index in [1.165, 1.54) is 51.1 Å². The summed E-state index contributed by atoms with van der Waals surface area (Å²) in [6.45, 7) is 12.9. The average molecular weight is 497 g/mol. The fourth-order valence-corrected chi connectivity index (χ4v) is 7.01. The molecule has 3 heteroatoms. The van der Waals surface area contributed by atoms with Gasteiger partial charge < -0.3 is 24.8 Å².